The van der Waals surface area contributed by atoms with Gasteiger partial charge >= 0.3 is 0 Å². The molecule has 1 heterocycles. The lowest BCUT2D eigenvalue weighted by Crippen LogP contribution is -3.00. The summed E-state index contributed by atoms with van der Waals surface area (Å²) in [5.41, 5.74) is 0. The van der Waals surface area contributed by atoms with Crippen LogP contribution in [0.15, 0.2) is 18.2 Å². The fraction of sp³-hybridized carbons (Fsp3) is 0.647. The van der Waals surface area contributed by atoms with Crippen LogP contribution in [0.1, 0.15) is 19.8 Å². The molecule has 0 aromatic heterocycles. The van der Waals surface area contributed by atoms with Crippen LogP contribution in [0, 0.1) is 5.92 Å². The Hall–Kier alpha value is -1.17. The lowest BCUT2D eigenvalue weighted by molar-refractivity contribution is -0.00000672. The van der Waals surface area contributed by atoms with E-state index in [1.165, 1.54) is 6.42 Å². The van der Waals surface area contributed by atoms with E-state index < -0.39 is 0 Å². The van der Waals surface area contributed by atoms with E-state index in [1.807, 2.05) is 18.2 Å². The molecule has 0 amide bonds. The van der Waals surface area contributed by atoms with Crippen LogP contribution in [0.5, 0.6) is 17.2 Å². The van der Waals surface area contributed by atoms with Gasteiger partial charge in [-0.1, -0.05) is 13.0 Å². The van der Waals surface area contributed by atoms with Gasteiger partial charge in [0, 0.05) is 25.6 Å². The van der Waals surface area contributed by atoms with Gasteiger partial charge in [-0.2, -0.15) is 0 Å². The van der Waals surface area contributed by atoms with Crippen molar-refractivity contribution in [2.45, 2.75) is 25.9 Å². The normalized spacial score (nSPS) is 18.1. The maximum Gasteiger partial charge on any atom is 0.203 e. The van der Waals surface area contributed by atoms with Crippen LogP contribution >= 0.6 is 0 Å². The summed E-state index contributed by atoms with van der Waals surface area (Å²) in [5, 5.41) is 3.45. The predicted molar refractivity (Wildman–Crippen MR) is 86.0 cm³/mol. The van der Waals surface area contributed by atoms with E-state index in [2.05, 4.69) is 12.2 Å². The minimum absolute atomic E-state index is 0. The summed E-state index contributed by atoms with van der Waals surface area (Å²) in [5.74, 6) is 2.44. The zero-order valence-electron chi connectivity index (χ0n) is 14.1. The largest absolute Gasteiger partial charge is 1.00 e. The third-order valence-electron chi connectivity index (χ3n) is 3.78. The standard InChI is InChI=1S/C17H27NO4.ClH/c1-13(10-18-11-14-6-5-9-21-14)12-22-17-15(19-2)7-4-8-16(17)20-3;/h4,7-8,13-14,18H,5-6,9-12H2,1-3H3;1H/p-1. The molecule has 2 rings (SSSR count). The number of para-hydroxylation sites is 1. The van der Waals surface area contributed by atoms with Crippen LogP contribution in [0.3, 0.4) is 0 Å². The first kappa shape index (κ1) is 19.9. The fourth-order valence-electron chi connectivity index (χ4n) is 2.54. The van der Waals surface area contributed by atoms with Crippen molar-refractivity contribution in [2.75, 3.05) is 40.5 Å². The van der Waals surface area contributed by atoms with Crippen molar-refractivity contribution in [3.8, 4) is 17.2 Å². The van der Waals surface area contributed by atoms with E-state index in [4.69, 9.17) is 18.9 Å². The molecule has 0 radical (unpaired) electrons. The molecule has 0 bridgehead atoms. The topological polar surface area (TPSA) is 49.0 Å². The zero-order chi connectivity index (χ0) is 15.8. The summed E-state index contributed by atoms with van der Waals surface area (Å²) in [6.45, 7) is 5.48. The number of methoxy groups -OCH3 is 2. The van der Waals surface area contributed by atoms with Gasteiger partial charge in [0.05, 0.1) is 26.9 Å². The molecule has 1 fully saturated rings. The second-order valence-corrected chi connectivity index (χ2v) is 5.70. The van der Waals surface area contributed by atoms with E-state index in [9.17, 15) is 0 Å². The summed E-state index contributed by atoms with van der Waals surface area (Å²) in [7, 11) is 3.27. The average molecular weight is 345 g/mol. The SMILES string of the molecule is COc1cccc(OC)c1OCC(C)CNCC1CCCO1.[Cl-]. The molecule has 0 saturated carbocycles. The van der Waals surface area contributed by atoms with Crippen molar-refractivity contribution >= 4 is 0 Å². The lowest BCUT2D eigenvalue weighted by atomic mass is 10.2. The third kappa shape index (κ3) is 6.09. The second-order valence-electron chi connectivity index (χ2n) is 5.70. The van der Waals surface area contributed by atoms with Crippen molar-refractivity contribution in [3.05, 3.63) is 18.2 Å². The van der Waals surface area contributed by atoms with E-state index in [1.54, 1.807) is 14.2 Å². The molecular formula is C17H27ClNO4-. The Balaban J connectivity index is 0.00000264. The Bertz CT molecular complexity index is 430. The number of rotatable bonds is 9. The van der Waals surface area contributed by atoms with Crippen molar-refractivity contribution in [2.24, 2.45) is 5.92 Å². The predicted octanol–water partition coefficient (Wildman–Crippen LogP) is -0.509. The molecule has 1 saturated heterocycles. The first-order valence-electron chi connectivity index (χ1n) is 7.90. The molecule has 1 aromatic rings. The minimum Gasteiger partial charge on any atom is -1.00 e. The number of hydrogen-bond donors (Lipinski definition) is 1. The smallest absolute Gasteiger partial charge is 0.203 e. The molecule has 2 unspecified atom stereocenters. The molecule has 1 N–H and O–H groups in total. The Kier molecular flexibility index (Phi) is 9.14. The van der Waals surface area contributed by atoms with Gasteiger partial charge in [-0.05, 0) is 25.0 Å². The minimum atomic E-state index is 0. The highest BCUT2D eigenvalue weighted by atomic mass is 35.5. The van der Waals surface area contributed by atoms with Gasteiger partial charge in [0.1, 0.15) is 0 Å². The maximum atomic E-state index is 5.91. The molecule has 23 heavy (non-hydrogen) atoms. The average Bonchev–Trinajstić information content (AvgIpc) is 3.05. The highest BCUT2D eigenvalue weighted by molar-refractivity contribution is 5.51. The second kappa shape index (κ2) is 10.6. The summed E-state index contributed by atoms with van der Waals surface area (Å²) in [6.07, 6.45) is 2.72. The monoisotopic (exact) mass is 344 g/mol. The summed E-state index contributed by atoms with van der Waals surface area (Å²) < 4.78 is 22.2. The van der Waals surface area contributed by atoms with Crippen LogP contribution in [0.4, 0.5) is 0 Å². The van der Waals surface area contributed by atoms with Crippen molar-refractivity contribution in [1.29, 1.82) is 0 Å². The lowest BCUT2D eigenvalue weighted by Gasteiger charge is -2.18. The maximum absolute atomic E-state index is 5.91. The zero-order valence-corrected chi connectivity index (χ0v) is 14.9. The van der Waals surface area contributed by atoms with Gasteiger partial charge in [0.2, 0.25) is 5.75 Å². The van der Waals surface area contributed by atoms with E-state index >= 15 is 0 Å². The molecule has 6 heteroatoms. The number of nitrogens with one attached hydrogen (secondary N) is 1. The molecule has 132 valence electrons. The number of ether oxygens (including phenoxy) is 4. The number of benzene rings is 1. The number of hydrogen-bond acceptors (Lipinski definition) is 5. The third-order valence-corrected chi connectivity index (χ3v) is 3.78. The van der Waals surface area contributed by atoms with Crippen LogP contribution in [-0.4, -0.2) is 46.6 Å². The Morgan fingerprint density at radius 1 is 1.26 bits per heavy atom. The Morgan fingerprint density at radius 3 is 2.52 bits per heavy atom. The molecule has 2 atom stereocenters. The highest BCUT2D eigenvalue weighted by Crippen LogP contribution is 2.36. The Morgan fingerprint density at radius 2 is 1.96 bits per heavy atom. The fourth-order valence-corrected chi connectivity index (χ4v) is 2.54. The van der Waals surface area contributed by atoms with Gasteiger partial charge < -0.3 is 36.7 Å². The summed E-state index contributed by atoms with van der Waals surface area (Å²) in [4.78, 5) is 0. The first-order chi connectivity index (χ1) is 10.7. The first-order valence-corrected chi connectivity index (χ1v) is 7.90. The van der Waals surface area contributed by atoms with E-state index in [0.717, 1.165) is 26.1 Å². The van der Waals surface area contributed by atoms with Gasteiger partial charge in [-0.25, -0.2) is 0 Å². The van der Waals surface area contributed by atoms with E-state index in [-0.39, 0.29) is 12.4 Å². The molecule has 1 aliphatic heterocycles. The molecule has 0 spiro atoms. The summed E-state index contributed by atoms with van der Waals surface area (Å²) in [6, 6.07) is 5.63. The summed E-state index contributed by atoms with van der Waals surface area (Å²) >= 11 is 0. The molecule has 1 aliphatic rings. The van der Waals surface area contributed by atoms with Crippen molar-refractivity contribution < 1.29 is 31.4 Å². The Labute approximate surface area is 145 Å². The molecule has 0 aliphatic carbocycles. The van der Waals surface area contributed by atoms with E-state index in [0.29, 0.717) is 35.9 Å². The van der Waals surface area contributed by atoms with Gasteiger partial charge in [0.15, 0.2) is 11.5 Å². The van der Waals surface area contributed by atoms with Crippen molar-refractivity contribution in [3.63, 3.8) is 0 Å². The van der Waals surface area contributed by atoms with Crippen molar-refractivity contribution in [1.82, 2.24) is 5.32 Å². The molecule has 5 nitrogen and oxygen atoms in total. The molecular weight excluding hydrogens is 318 g/mol. The van der Waals surface area contributed by atoms with Gasteiger partial charge in [0.25, 0.3) is 0 Å². The van der Waals surface area contributed by atoms with Crippen LogP contribution in [0.2, 0.25) is 0 Å². The highest BCUT2D eigenvalue weighted by Gasteiger charge is 2.16. The van der Waals surface area contributed by atoms with Gasteiger partial charge in [-0.3, -0.25) is 0 Å². The van der Waals surface area contributed by atoms with Crippen LogP contribution in [0.25, 0.3) is 0 Å². The van der Waals surface area contributed by atoms with Gasteiger partial charge in [-0.15, -0.1) is 0 Å². The van der Waals surface area contributed by atoms with Crippen LogP contribution in [-0.2, 0) is 4.74 Å². The quantitative estimate of drug-likeness (QED) is 0.654. The number of halogens is 1. The van der Waals surface area contributed by atoms with Crippen LogP contribution < -0.4 is 31.9 Å². The molecule has 1 aromatic carbocycles.